The third-order valence-electron chi connectivity index (χ3n) is 10.6. The highest BCUT2D eigenvalue weighted by molar-refractivity contribution is 7.47. The molecule has 342 valence electrons. The molecule has 0 rings (SSSR count). The molecular weight excluding hydrogens is 746 g/mol. The lowest BCUT2D eigenvalue weighted by Gasteiger charge is -2.20. The normalized spacial score (nSPS) is 13.7. The smallest absolute Gasteiger partial charge is 0.457 e. The third kappa shape index (κ3) is 45.8. The predicted octanol–water partition coefficient (Wildman–Crippen LogP) is 15.0. The standard InChI is InChI=1S/C49H94NO7P/c1-3-5-7-9-11-13-15-17-19-21-23-24-25-26-28-30-32-34-36-38-40-42-49(51)57-48(47-56-58(52,53)55-45-43-50)46-54-44-41-39-37-35-33-31-29-27-22-20-18-16-14-12-10-8-6-4-2/h15,17,21,23,25-26,48H,3-14,16,18-20,22,24,27-47,50H2,1-2H3,(H,52,53)/b17-15-,23-21-,26-25-. The zero-order chi connectivity index (χ0) is 42.3. The first kappa shape index (κ1) is 56.7. The molecule has 0 aliphatic rings. The van der Waals surface area contributed by atoms with E-state index in [1.165, 1.54) is 154 Å². The summed E-state index contributed by atoms with van der Waals surface area (Å²) in [6.07, 6.45) is 54.5. The number of unbranched alkanes of at least 4 members (excludes halogenated alkanes) is 28. The van der Waals surface area contributed by atoms with Crippen LogP contribution >= 0.6 is 7.82 Å². The predicted molar refractivity (Wildman–Crippen MR) is 247 cm³/mol. The maximum Gasteiger partial charge on any atom is 0.472 e. The molecule has 0 aliphatic heterocycles. The molecule has 0 spiro atoms. The van der Waals surface area contributed by atoms with Gasteiger partial charge in [-0.15, -0.1) is 0 Å². The van der Waals surface area contributed by atoms with E-state index in [4.69, 9.17) is 24.3 Å². The Kier molecular flexibility index (Phi) is 45.7. The Morgan fingerprint density at radius 1 is 0.517 bits per heavy atom. The minimum Gasteiger partial charge on any atom is -0.457 e. The second-order valence-electron chi connectivity index (χ2n) is 16.3. The summed E-state index contributed by atoms with van der Waals surface area (Å²) in [7, 11) is -4.28. The first-order chi connectivity index (χ1) is 28.4. The Balaban J connectivity index is 3.99. The molecule has 0 saturated carbocycles. The van der Waals surface area contributed by atoms with Crippen LogP contribution in [0, 0.1) is 0 Å². The third-order valence-corrected chi connectivity index (χ3v) is 11.5. The van der Waals surface area contributed by atoms with Gasteiger partial charge in [-0.25, -0.2) is 4.57 Å². The summed E-state index contributed by atoms with van der Waals surface area (Å²) in [6, 6.07) is 0. The van der Waals surface area contributed by atoms with Crippen molar-refractivity contribution in [1.82, 2.24) is 0 Å². The molecule has 8 nitrogen and oxygen atoms in total. The average Bonchev–Trinajstić information content (AvgIpc) is 3.21. The van der Waals surface area contributed by atoms with E-state index in [0.29, 0.717) is 13.0 Å². The molecule has 0 radical (unpaired) electrons. The lowest BCUT2D eigenvalue weighted by Crippen LogP contribution is -2.28. The largest absolute Gasteiger partial charge is 0.472 e. The second-order valence-corrected chi connectivity index (χ2v) is 17.8. The van der Waals surface area contributed by atoms with Crippen LogP contribution in [0.15, 0.2) is 36.5 Å². The Labute approximate surface area is 358 Å². The molecule has 0 bridgehead atoms. The zero-order valence-electron chi connectivity index (χ0n) is 38.0. The number of carbonyl (C=O) groups excluding carboxylic acids is 1. The second kappa shape index (κ2) is 46.8. The molecule has 0 saturated heterocycles. The topological polar surface area (TPSA) is 117 Å². The van der Waals surface area contributed by atoms with Gasteiger partial charge in [0.2, 0.25) is 0 Å². The molecular formula is C49H94NO7P. The van der Waals surface area contributed by atoms with Gasteiger partial charge in [0.05, 0.1) is 19.8 Å². The van der Waals surface area contributed by atoms with Crippen molar-refractivity contribution in [3.63, 3.8) is 0 Å². The van der Waals surface area contributed by atoms with E-state index in [-0.39, 0.29) is 32.3 Å². The first-order valence-electron chi connectivity index (χ1n) is 24.5. The van der Waals surface area contributed by atoms with Crippen molar-refractivity contribution >= 4 is 13.8 Å². The summed E-state index contributed by atoms with van der Waals surface area (Å²) >= 11 is 0. The first-order valence-corrected chi connectivity index (χ1v) is 26.0. The maximum absolute atomic E-state index is 12.6. The molecule has 0 heterocycles. The Morgan fingerprint density at radius 2 is 0.914 bits per heavy atom. The van der Waals surface area contributed by atoms with Crippen LogP contribution in [0.25, 0.3) is 0 Å². The van der Waals surface area contributed by atoms with E-state index in [0.717, 1.165) is 57.8 Å². The molecule has 0 fully saturated rings. The van der Waals surface area contributed by atoms with Crippen molar-refractivity contribution in [2.24, 2.45) is 5.73 Å². The van der Waals surface area contributed by atoms with E-state index in [1.807, 2.05) is 0 Å². The number of hydrogen-bond donors (Lipinski definition) is 2. The Bertz CT molecular complexity index is 988. The molecule has 3 N–H and O–H groups in total. The van der Waals surface area contributed by atoms with Gasteiger partial charge in [-0.3, -0.25) is 13.8 Å². The number of nitrogens with two attached hydrogens (primary N) is 1. The Morgan fingerprint density at radius 3 is 1.36 bits per heavy atom. The molecule has 0 amide bonds. The van der Waals surface area contributed by atoms with Crippen molar-refractivity contribution < 1.29 is 32.8 Å². The number of rotatable bonds is 47. The van der Waals surface area contributed by atoms with Crippen molar-refractivity contribution in [1.29, 1.82) is 0 Å². The summed E-state index contributed by atoms with van der Waals surface area (Å²) < 4.78 is 33.5. The highest BCUT2D eigenvalue weighted by Gasteiger charge is 2.25. The van der Waals surface area contributed by atoms with Crippen LogP contribution in [-0.4, -0.2) is 49.9 Å². The molecule has 2 unspecified atom stereocenters. The van der Waals surface area contributed by atoms with Crippen LogP contribution in [0.1, 0.15) is 232 Å². The van der Waals surface area contributed by atoms with Gasteiger partial charge in [0.25, 0.3) is 0 Å². The fraction of sp³-hybridized carbons (Fsp3) is 0.857. The molecule has 0 aliphatic carbocycles. The van der Waals surface area contributed by atoms with Crippen LogP contribution in [0.5, 0.6) is 0 Å². The molecule has 0 aromatic rings. The fourth-order valence-corrected chi connectivity index (χ4v) is 7.71. The molecule has 2 atom stereocenters. The molecule has 0 aromatic carbocycles. The van der Waals surface area contributed by atoms with Gasteiger partial charge in [-0.1, -0.05) is 211 Å². The van der Waals surface area contributed by atoms with Crippen molar-refractivity contribution in [2.75, 3.05) is 33.0 Å². The van der Waals surface area contributed by atoms with Crippen LogP contribution in [0.3, 0.4) is 0 Å². The lowest BCUT2D eigenvalue weighted by molar-refractivity contribution is -0.154. The summed E-state index contributed by atoms with van der Waals surface area (Å²) in [5.41, 5.74) is 5.38. The summed E-state index contributed by atoms with van der Waals surface area (Å²) in [4.78, 5) is 22.6. The number of phosphoric acid groups is 1. The number of carbonyl (C=O) groups is 1. The van der Waals surface area contributed by atoms with E-state index >= 15 is 0 Å². The zero-order valence-corrected chi connectivity index (χ0v) is 38.9. The van der Waals surface area contributed by atoms with Crippen molar-refractivity contribution in [2.45, 2.75) is 238 Å². The van der Waals surface area contributed by atoms with E-state index < -0.39 is 13.9 Å². The summed E-state index contributed by atoms with van der Waals surface area (Å²) in [5.74, 6) is -0.339. The van der Waals surface area contributed by atoms with E-state index in [1.54, 1.807) is 0 Å². The monoisotopic (exact) mass is 840 g/mol. The van der Waals surface area contributed by atoms with E-state index in [2.05, 4.69) is 50.3 Å². The number of hydrogen-bond acceptors (Lipinski definition) is 7. The minimum absolute atomic E-state index is 0.0972. The van der Waals surface area contributed by atoms with Crippen LogP contribution < -0.4 is 5.73 Å². The van der Waals surface area contributed by atoms with Gasteiger partial charge < -0.3 is 20.1 Å². The van der Waals surface area contributed by atoms with E-state index in [9.17, 15) is 14.3 Å². The number of ether oxygens (including phenoxy) is 2. The molecule has 9 heteroatoms. The van der Waals surface area contributed by atoms with Crippen LogP contribution in [0.4, 0.5) is 0 Å². The highest BCUT2D eigenvalue weighted by Crippen LogP contribution is 2.43. The Hall–Kier alpha value is -1.28. The van der Waals surface area contributed by atoms with Gasteiger partial charge >= 0.3 is 13.8 Å². The molecule has 58 heavy (non-hydrogen) atoms. The fourth-order valence-electron chi connectivity index (χ4n) is 6.95. The highest BCUT2D eigenvalue weighted by atomic mass is 31.2. The van der Waals surface area contributed by atoms with Gasteiger partial charge in [0, 0.05) is 19.6 Å². The molecule has 0 aromatic heterocycles. The van der Waals surface area contributed by atoms with Gasteiger partial charge in [0.1, 0.15) is 6.10 Å². The number of allylic oxidation sites excluding steroid dienone is 6. The summed E-state index contributed by atoms with van der Waals surface area (Å²) in [6.45, 7) is 4.93. The maximum atomic E-state index is 12.6. The SMILES string of the molecule is CCCCCCC/C=C\C/C=C\C/C=C\CCCCCCCCC(=O)OC(COCCCCCCCCCCCCCCCCCCCC)COP(=O)(O)OCCN. The van der Waals surface area contributed by atoms with Gasteiger partial charge in [-0.2, -0.15) is 0 Å². The summed E-state index contributed by atoms with van der Waals surface area (Å²) in [5, 5.41) is 0. The van der Waals surface area contributed by atoms with Gasteiger partial charge in [-0.05, 0) is 51.4 Å². The van der Waals surface area contributed by atoms with Crippen LogP contribution in [-0.2, 0) is 27.9 Å². The number of phosphoric ester groups is 1. The minimum atomic E-state index is -4.28. The lowest BCUT2D eigenvalue weighted by atomic mass is 10.0. The van der Waals surface area contributed by atoms with Crippen molar-refractivity contribution in [3.05, 3.63) is 36.5 Å². The quantitative estimate of drug-likeness (QED) is 0.0269. The van der Waals surface area contributed by atoms with Gasteiger partial charge in [0.15, 0.2) is 0 Å². The van der Waals surface area contributed by atoms with Crippen LogP contribution in [0.2, 0.25) is 0 Å². The average molecular weight is 840 g/mol. The number of esters is 1. The van der Waals surface area contributed by atoms with Crippen molar-refractivity contribution in [3.8, 4) is 0 Å².